The number of carbonyl (C=O) groups excluding carboxylic acids is 2. The number of sulfonamides is 1. The number of carbonyl (C=O) groups is 2. The summed E-state index contributed by atoms with van der Waals surface area (Å²) < 4.78 is 32.0. The van der Waals surface area contributed by atoms with Gasteiger partial charge >= 0.3 is 5.97 Å². The predicted molar refractivity (Wildman–Crippen MR) is 111 cm³/mol. The normalized spacial score (nSPS) is 15.5. The van der Waals surface area contributed by atoms with Crippen molar-refractivity contribution in [3.05, 3.63) is 29.8 Å². The molecule has 1 aliphatic rings. The monoisotopic (exact) mass is 424 g/mol. The van der Waals surface area contributed by atoms with Crippen LogP contribution >= 0.6 is 0 Å². The van der Waals surface area contributed by atoms with Gasteiger partial charge in [0.25, 0.3) is 5.91 Å². The zero-order valence-corrected chi connectivity index (χ0v) is 18.0. The van der Waals surface area contributed by atoms with E-state index in [0.29, 0.717) is 19.6 Å². The Balaban J connectivity index is 1.84. The van der Waals surface area contributed by atoms with Crippen molar-refractivity contribution in [3.8, 4) is 0 Å². The Morgan fingerprint density at radius 1 is 1.00 bits per heavy atom. The third-order valence-electron chi connectivity index (χ3n) is 4.98. The fraction of sp³-hybridized carbons (Fsp3) is 0.619. The van der Waals surface area contributed by atoms with Crippen LogP contribution in [-0.2, 0) is 19.6 Å². The number of ether oxygens (including phenoxy) is 1. The Kier molecular flexibility index (Phi) is 9.60. The Morgan fingerprint density at radius 2 is 1.66 bits per heavy atom. The van der Waals surface area contributed by atoms with Gasteiger partial charge in [0, 0.05) is 19.6 Å². The molecule has 7 nitrogen and oxygen atoms in total. The minimum absolute atomic E-state index is 0.167. The van der Waals surface area contributed by atoms with Crippen LogP contribution in [0.2, 0.25) is 0 Å². The lowest BCUT2D eigenvalue weighted by atomic mass is 10.2. The van der Waals surface area contributed by atoms with Crippen LogP contribution in [0.4, 0.5) is 0 Å². The van der Waals surface area contributed by atoms with E-state index in [9.17, 15) is 18.0 Å². The molecule has 1 saturated heterocycles. The van der Waals surface area contributed by atoms with Crippen molar-refractivity contribution >= 4 is 21.9 Å². The number of unbranched alkanes of at least 4 members (excludes halogenated alkanes) is 3. The van der Waals surface area contributed by atoms with Crippen molar-refractivity contribution < 1.29 is 22.7 Å². The predicted octanol–water partition coefficient (Wildman–Crippen LogP) is 3.10. The standard InChI is InChI=1S/C21H32N2O5S/c1-2-3-4-7-14-22-20(24)17-28-21(25)18-10-12-19(13-11-18)29(26,27)23-15-8-5-6-9-16-23/h10-13H,2-9,14-17H2,1H3,(H,22,24). The molecule has 0 saturated carbocycles. The summed E-state index contributed by atoms with van der Waals surface area (Å²) in [4.78, 5) is 24.0. The smallest absolute Gasteiger partial charge is 0.338 e. The SMILES string of the molecule is CCCCCCNC(=O)COC(=O)c1ccc(S(=O)(=O)N2CCCCCC2)cc1. The molecule has 1 aromatic carbocycles. The Morgan fingerprint density at radius 3 is 2.28 bits per heavy atom. The molecule has 29 heavy (non-hydrogen) atoms. The van der Waals surface area contributed by atoms with Crippen LogP contribution in [0.3, 0.4) is 0 Å². The van der Waals surface area contributed by atoms with Crippen LogP contribution in [0, 0.1) is 0 Å². The summed E-state index contributed by atoms with van der Waals surface area (Å²) in [6.45, 7) is 3.40. The molecule has 0 atom stereocenters. The largest absolute Gasteiger partial charge is 0.452 e. The third-order valence-corrected chi connectivity index (χ3v) is 6.89. The van der Waals surface area contributed by atoms with Gasteiger partial charge in [0.05, 0.1) is 10.5 Å². The van der Waals surface area contributed by atoms with E-state index in [-0.39, 0.29) is 23.0 Å². The van der Waals surface area contributed by atoms with Crippen LogP contribution in [0.15, 0.2) is 29.2 Å². The van der Waals surface area contributed by atoms with Crippen molar-refractivity contribution in [1.29, 1.82) is 0 Å². The summed E-state index contributed by atoms with van der Waals surface area (Å²) >= 11 is 0. The summed E-state index contributed by atoms with van der Waals surface area (Å²) in [5, 5.41) is 2.72. The first-order valence-electron chi connectivity index (χ1n) is 10.5. The molecule has 0 unspecified atom stereocenters. The van der Waals surface area contributed by atoms with Gasteiger partial charge < -0.3 is 10.1 Å². The van der Waals surface area contributed by atoms with E-state index in [1.54, 1.807) is 0 Å². The van der Waals surface area contributed by atoms with E-state index in [1.165, 1.54) is 28.6 Å². The fourth-order valence-electron chi connectivity index (χ4n) is 3.24. The van der Waals surface area contributed by atoms with Crippen molar-refractivity contribution in [3.63, 3.8) is 0 Å². The lowest BCUT2D eigenvalue weighted by Gasteiger charge is -2.19. The van der Waals surface area contributed by atoms with E-state index in [0.717, 1.165) is 51.4 Å². The second-order valence-corrected chi connectivity index (χ2v) is 9.27. The summed E-state index contributed by atoms with van der Waals surface area (Å²) in [6.07, 6.45) is 8.04. The van der Waals surface area contributed by atoms with Gasteiger partial charge in [0.15, 0.2) is 6.61 Å². The van der Waals surface area contributed by atoms with Gasteiger partial charge in [-0.2, -0.15) is 4.31 Å². The zero-order chi connectivity index (χ0) is 21.1. The van der Waals surface area contributed by atoms with E-state index in [1.807, 2.05) is 0 Å². The van der Waals surface area contributed by atoms with Crippen LogP contribution in [-0.4, -0.2) is 50.8 Å². The summed E-state index contributed by atoms with van der Waals surface area (Å²) in [5.41, 5.74) is 0.218. The van der Waals surface area contributed by atoms with Crippen LogP contribution in [0.1, 0.15) is 68.6 Å². The molecule has 2 rings (SSSR count). The maximum atomic E-state index is 12.8. The highest BCUT2D eigenvalue weighted by Gasteiger charge is 2.25. The van der Waals surface area contributed by atoms with Crippen LogP contribution < -0.4 is 5.32 Å². The van der Waals surface area contributed by atoms with E-state index in [2.05, 4.69) is 12.2 Å². The lowest BCUT2D eigenvalue weighted by molar-refractivity contribution is -0.124. The molecule has 1 aliphatic heterocycles. The Labute approximate surface area is 173 Å². The molecule has 0 spiro atoms. The van der Waals surface area contributed by atoms with E-state index in [4.69, 9.17) is 4.74 Å². The minimum atomic E-state index is -3.55. The molecule has 1 aromatic rings. The quantitative estimate of drug-likeness (QED) is 0.460. The zero-order valence-electron chi connectivity index (χ0n) is 17.2. The average Bonchev–Trinajstić information content (AvgIpc) is 3.02. The van der Waals surface area contributed by atoms with Crippen molar-refractivity contribution in [2.45, 2.75) is 63.2 Å². The molecule has 0 aliphatic carbocycles. The molecule has 1 heterocycles. The molecule has 1 fully saturated rings. The topological polar surface area (TPSA) is 92.8 Å². The Hall–Kier alpha value is -1.93. The number of rotatable bonds is 10. The molecule has 1 amide bonds. The first kappa shape index (κ1) is 23.3. The number of hydrogen-bond donors (Lipinski definition) is 1. The van der Waals surface area contributed by atoms with Gasteiger partial charge in [-0.3, -0.25) is 4.79 Å². The first-order valence-corrected chi connectivity index (χ1v) is 11.9. The van der Waals surface area contributed by atoms with Crippen molar-refractivity contribution in [1.82, 2.24) is 9.62 Å². The Bertz CT molecular complexity index is 754. The molecule has 0 aromatic heterocycles. The van der Waals surface area contributed by atoms with Crippen LogP contribution in [0.5, 0.6) is 0 Å². The first-order chi connectivity index (χ1) is 13.9. The highest BCUT2D eigenvalue weighted by molar-refractivity contribution is 7.89. The molecule has 0 radical (unpaired) electrons. The van der Waals surface area contributed by atoms with E-state index >= 15 is 0 Å². The number of nitrogens with zero attached hydrogens (tertiary/aromatic N) is 1. The highest BCUT2D eigenvalue weighted by Crippen LogP contribution is 2.20. The third kappa shape index (κ3) is 7.44. The number of benzene rings is 1. The summed E-state index contributed by atoms with van der Waals surface area (Å²) in [6, 6.07) is 5.70. The molecule has 8 heteroatoms. The fourth-order valence-corrected chi connectivity index (χ4v) is 4.76. The van der Waals surface area contributed by atoms with Gasteiger partial charge in [-0.15, -0.1) is 0 Å². The summed E-state index contributed by atoms with van der Waals surface area (Å²) in [5.74, 6) is -0.986. The number of esters is 1. The molecular formula is C21H32N2O5S. The second-order valence-electron chi connectivity index (χ2n) is 7.33. The van der Waals surface area contributed by atoms with Gasteiger partial charge in [0.2, 0.25) is 10.0 Å². The number of hydrogen-bond acceptors (Lipinski definition) is 5. The molecular weight excluding hydrogens is 392 g/mol. The van der Waals surface area contributed by atoms with E-state index < -0.39 is 16.0 Å². The molecule has 0 bridgehead atoms. The number of nitrogens with one attached hydrogen (secondary N) is 1. The lowest BCUT2D eigenvalue weighted by Crippen LogP contribution is -2.32. The maximum Gasteiger partial charge on any atom is 0.338 e. The van der Waals surface area contributed by atoms with Gasteiger partial charge in [-0.1, -0.05) is 39.0 Å². The summed E-state index contributed by atoms with van der Waals surface area (Å²) in [7, 11) is -3.55. The van der Waals surface area contributed by atoms with Gasteiger partial charge in [0.1, 0.15) is 0 Å². The highest BCUT2D eigenvalue weighted by atomic mass is 32.2. The maximum absolute atomic E-state index is 12.8. The number of amides is 1. The van der Waals surface area contributed by atoms with Crippen molar-refractivity contribution in [2.24, 2.45) is 0 Å². The minimum Gasteiger partial charge on any atom is -0.452 e. The molecule has 162 valence electrons. The molecule has 1 N–H and O–H groups in total. The average molecular weight is 425 g/mol. The second kappa shape index (κ2) is 11.9. The van der Waals surface area contributed by atoms with Gasteiger partial charge in [-0.25, -0.2) is 13.2 Å². The van der Waals surface area contributed by atoms with Crippen LogP contribution in [0.25, 0.3) is 0 Å². The van der Waals surface area contributed by atoms with Gasteiger partial charge in [-0.05, 0) is 43.5 Å². The van der Waals surface area contributed by atoms with Crippen molar-refractivity contribution in [2.75, 3.05) is 26.2 Å².